The van der Waals surface area contributed by atoms with E-state index in [1.54, 1.807) is 0 Å². The maximum absolute atomic E-state index is 10.7. The molecule has 0 saturated carbocycles. The van der Waals surface area contributed by atoms with Crippen molar-refractivity contribution in [3.8, 4) is 0 Å². The first-order valence-electron chi connectivity index (χ1n) is 3.87. The molecule has 15 heavy (non-hydrogen) atoms. The van der Waals surface area contributed by atoms with Gasteiger partial charge in [0, 0.05) is 0 Å². The van der Waals surface area contributed by atoms with E-state index < -0.39 is 20.2 Å². The molecule has 0 amide bonds. The van der Waals surface area contributed by atoms with Crippen LogP contribution in [0.2, 0.25) is 0 Å². The molecule has 0 fully saturated rings. The van der Waals surface area contributed by atoms with Gasteiger partial charge in [0.1, 0.15) is 0 Å². The van der Waals surface area contributed by atoms with E-state index in [4.69, 9.17) is 0 Å². The lowest BCUT2D eigenvalue weighted by Gasteiger charge is -2.01. The van der Waals surface area contributed by atoms with Gasteiger partial charge in [-0.05, 0) is 6.42 Å². The first-order valence-corrected chi connectivity index (χ1v) is 6.81. The van der Waals surface area contributed by atoms with Crippen LogP contribution in [0.1, 0.15) is 6.42 Å². The highest BCUT2D eigenvalue weighted by Crippen LogP contribution is 1.98. The molecule has 0 heterocycles. The number of hydrogen-bond donors (Lipinski definition) is 0. The third kappa shape index (κ3) is 7.25. The zero-order chi connectivity index (χ0) is 11.9. The van der Waals surface area contributed by atoms with Crippen LogP contribution in [-0.4, -0.2) is 30.0 Å². The molecule has 0 aliphatic carbocycles. The summed E-state index contributed by atoms with van der Waals surface area (Å²) in [6.07, 6.45) is 0.125. The summed E-state index contributed by atoms with van der Waals surface area (Å²) in [4.78, 5) is 0. The minimum Gasteiger partial charge on any atom is -0.267 e. The second kappa shape index (κ2) is 6.01. The fourth-order valence-corrected chi connectivity index (χ4v) is 1.40. The molecule has 88 valence electrons. The van der Waals surface area contributed by atoms with Gasteiger partial charge in [-0.1, -0.05) is 13.2 Å². The van der Waals surface area contributed by atoms with Gasteiger partial charge in [0.25, 0.3) is 20.2 Å². The Kier molecular flexibility index (Phi) is 5.73. The smallest absolute Gasteiger partial charge is 0.267 e. The molecule has 0 rings (SSSR count). The molecule has 0 aliphatic rings. The van der Waals surface area contributed by atoms with Crippen LogP contribution in [0.4, 0.5) is 0 Å². The zero-order valence-corrected chi connectivity index (χ0v) is 9.59. The Morgan fingerprint density at radius 2 is 1.20 bits per heavy atom. The van der Waals surface area contributed by atoms with Crippen molar-refractivity contribution in [2.75, 3.05) is 13.2 Å². The summed E-state index contributed by atoms with van der Waals surface area (Å²) in [5.74, 6) is 0. The third-order valence-electron chi connectivity index (χ3n) is 1.19. The van der Waals surface area contributed by atoms with E-state index in [0.717, 1.165) is 0 Å². The van der Waals surface area contributed by atoms with Crippen LogP contribution in [0, 0.1) is 0 Å². The van der Waals surface area contributed by atoms with Crippen LogP contribution >= 0.6 is 0 Å². The molecule has 0 bridgehead atoms. The average molecular weight is 256 g/mol. The summed E-state index contributed by atoms with van der Waals surface area (Å²) in [5.41, 5.74) is 0. The molecule has 0 N–H and O–H groups in total. The van der Waals surface area contributed by atoms with Crippen LogP contribution in [0.25, 0.3) is 0 Å². The molecule has 0 atom stereocenters. The molecule has 0 unspecified atom stereocenters. The summed E-state index contributed by atoms with van der Waals surface area (Å²) < 4.78 is 51.6. The molecule has 0 radical (unpaired) electrons. The highest BCUT2D eigenvalue weighted by molar-refractivity contribution is 7.89. The first kappa shape index (κ1) is 14.3. The van der Waals surface area contributed by atoms with E-state index in [2.05, 4.69) is 21.5 Å². The first-order chi connectivity index (χ1) is 6.83. The van der Waals surface area contributed by atoms with E-state index >= 15 is 0 Å². The SMILES string of the molecule is C=CS(=O)(=O)OCCCOS(=O)(=O)C=C. The lowest BCUT2D eigenvalue weighted by molar-refractivity contribution is 0.259. The maximum atomic E-state index is 10.7. The second-order valence-corrected chi connectivity index (χ2v) is 5.43. The highest BCUT2D eigenvalue weighted by Gasteiger charge is 2.06. The summed E-state index contributed by atoms with van der Waals surface area (Å²) in [5, 5.41) is 1.32. The molecule has 0 saturated heterocycles. The van der Waals surface area contributed by atoms with Gasteiger partial charge in [-0.25, -0.2) is 0 Å². The van der Waals surface area contributed by atoms with E-state index in [1.165, 1.54) is 0 Å². The molecule has 0 aromatic rings. The fourth-order valence-electron chi connectivity index (χ4n) is 0.505. The van der Waals surface area contributed by atoms with Crippen molar-refractivity contribution in [1.82, 2.24) is 0 Å². The Bertz CT molecular complexity index is 365. The van der Waals surface area contributed by atoms with E-state index in [1.807, 2.05) is 0 Å². The van der Waals surface area contributed by atoms with Crippen LogP contribution in [0.5, 0.6) is 0 Å². The van der Waals surface area contributed by atoms with Gasteiger partial charge in [0.2, 0.25) is 0 Å². The van der Waals surface area contributed by atoms with Gasteiger partial charge >= 0.3 is 0 Å². The third-order valence-corrected chi connectivity index (χ3v) is 3.00. The Hall–Kier alpha value is -0.700. The van der Waals surface area contributed by atoms with Crippen molar-refractivity contribution in [3.05, 3.63) is 24.0 Å². The molecule has 0 aromatic heterocycles. The fraction of sp³-hybridized carbons (Fsp3) is 0.429. The summed E-state index contributed by atoms with van der Waals surface area (Å²) >= 11 is 0. The van der Waals surface area contributed by atoms with Crippen LogP contribution in [-0.2, 0) is 28.6 Å². The Labute approximate surface area is 89.4 Å². The van der Waals surface area contributed by atoms with E-state index in [9.17, 15) is 16.8 Å². The molecular formula is C7H12O6S2. The van der Waals surface area contributed by atoms with Crippen molar-refractivity contribution in [1.29, 1.82) is 0 Å². The minimum absolute atomic E-state index is 0.125. The quantitative estimate of drug-likeness (QED) is 0.460. The van der Waals surface area contributed by atoms with Crippen molar-refractivity contribution >= 4 is 20.2 Å². The lowest BCUT2D eigenvalue weighted by Crippen LogP contribution is -2.08. The van der Waals surface area contributed by atoms with Crippen molar-refractivity contribution in [3.63, 3.8) is 0 Å². The summed E-state index contributed by atoms with van der Waals surface area (Å²) in [6, 6.07) is 0. The van der Waals surface area contributed by atoms with Gasteiger partial charge in [0.15, 0.2) is 0 Å². The monoisotopic (exact) mass is 256 g/mol. The zero-order valence-electron chi connectivity index (χ0n) is 7.96. The van der Waals surface area contributed by atoms with Crippen LogP contribution in [0.3, 0.4) is 0 Å². The molecular weight excluding hydrogens is 244 g/mol. The van der Waals surface area contributed by atoms with Gasteiger partial charge in [0.05, 0.1) is 24.0 Å². The largest absolute Gasteiger partial charge is 0.289 e. The number of hydrogen-bond acceptors (Lipinski definition) is 6. The molecule has 6 nitrogen and oxygen atoms in total. The second-order valence-electron chi connectivity index (χ2n) is 2.32. The minimum atomic E-state index is -3.70. The van der Waals surface area contributed by atoms with Gasteiger partial charge in [-0.15, -0.1) is 0 Å². The highest BCUT2D eigenvalue weighted by atomic mass is 32.2. The Morgan fingerprint density at radius 1 is 0.867 bits per heavy atom. The lowest BCUT2D eigenvalue weighted by atomic mass is 10.5. The summed E-state index contributed by atoms with van der Waals surface area (Å²) in [6.45, 7) is 5.73. The van der Waals surface area contributed by atoms with Gasteiger partial charge in [-0.3, -0.25) is 8.37 Å². The standard InChI is InChI=1S/C7H12O6S2/c1-3-14(8,9)12-6-5-7-13-15(10,11)4-2/h3-4H,1-2,5-7H2. The van der Waals surface area contributed by atoms with Crippen molar-refractivity contribution < 1.29 is 25.2 Å². The summed E-state index contributed by atoms with van der Waals surface area (Å²) in [7, 11) is -7.40. The average Bonchev–Trinajstić information content (AvgIpc) is 2.17. The van der Waals surface area contributed by atoms with E-state index in [-0.39, 0.29) is 19.6 Å². The Morgan fingerprint density at radius 3 is 1.47 bits per heavy atom. The van der Waals surface area contributed by atoms with Crippen molar-refractivity contribution in [2.45, 2.75) is 6.42 Å². The van der Waals surface area contributed by atoms with E-state index in [0.29, 0.717) is 10.8 Å². The predicted molar refractivity (Wildman–Crippen MR) is 54.8 cm³/mol. The Balaban J connectivity index is 3.75. The maximum Gasteiger partial charge on any atom is 0.289 e. The van der Waals surface area contributed by atoms with Gasteiger partial charge < -0.3 is 0 Å². The topological polar surface area (TPSA) is 86.7 Å². The normalized spacial score (nSPS) is 12.3. The predicted octanol–water partition coefficient (Wildman–Crippen LogP) is 0.356. The molecule has 8 heteroatoms. The van der Waals surface area contributed by atoms with Crippen LogP contribution < -0.4 is 0 Å². The number of rotatable bonds is 8. The van der Waals surface area contributed by atoms with Crippen LogP contribution in [0.15, 0.2) is 24.0 Å². The molecule has 0 aromatic carbocycles. The van der Waals surface area contributed by atoms with Crippen molar-refractivity contribution in [2.24, 2.45) is 0 Å². The molecule has 0 aliphatic heterocycles. The van der Waals surface area contributed by atoms with Gasteiger partial charge in [-0.2, -0.15) is 16.8 Å². The molecule has 0 spiro atoms.